The van der Waals surface area contributed by atoms with Crippen LogP contribution in [0.3, 0.4) is 0 Å². The molecule has 0 spiro atoms. The number of aromatic nitrogens is 1. The molecule has 0 aliphatic rings. The van der Waals surface area contributed by atoms with Crippen LogP contribution in [0, 0.1) is 6.92 Å². The Hall–Kier alpha value is -2.86. The minimum Gasteiger partial charge on any atom is -0.370 e. The highest BCUT2D eigenvalue weighted by atomic mass is 32.2. The van der Waals surface area contributed by atoms with E-state index in [0.29, 0.717) is 11.5 Å². The third-order valence-corrected chi connectivity index (χ3v) is 5.26. The molecule has 3 aromatic rings. The standard InChI is InChI=1S/C20H21N3O2S/c1-16-6-5-9-19(14-16)26(24,25)23-18-10-11-20(22-15-18)21-13-12-17-7-3-2-4-8-17/h2-11,14-15,23H,12-13H2,1H3,(H,21,22). The molecule has 0 atom stereocenters. The zero-order chi connectivity index (χ0) is 18.4. The van der Waals surface area contributed by atoms with Crippen LogP contribution in [0.15, 0.2) is 77.8 Å². The molecule has 0 unspecified atom stereocenters. The van der Waals surface area contributed by atoms with Crippen molar-refractivity contribution in [3.05, 3.63) is 84.1 Å². The molecule has 134 valence electrons. The van der Waals surface area contributed by atoms with Gasteiger partial charge in [-0.25, -0.2) is 13.4 Å². The van der Waals surface area contributed by atoms with E-state index in [2.05, 4.69) is 27.2 Å². The van der Waals surface area contributed by atoms with Gasteiger partial charge < -0.3 is 5.32 Å². The summed E-state index contributed by atoms with van der Waals surface area (Å²) in [5.74, 6) is 0.708. The Balaban J connectivity index is 1.59. The van der Waals surface area contributed by atoms with Crippen molar-refractivity contribution in [2.75, 3.05) is 16.6 Å². The third-order valence-electron chi connectivity index (χ3n) is 3.88. The number of benzene rings is 2. The summed E-state index contributed by atoms with van der Waals surface area (Å²) < 4.78 is 27.4. The van der Waals surface area contributed by atoms with Crippen LogP contribution in [-0.4, -0.2) is 19.9 Å². The number of nitrogens with zero attached hydrogens (tertiary/aromatic N) is 1. The zero-order valence-electron chi connectivity index (χ0n) is 14.5. The molecule has 0 aliphatic carbocycles. The third kappa shape index (κ3) is 4.83. The Morgan fingerprint density at radius 1 is 0.962 bits per heavy atom. The maximum absolute atomic E-state index is 12.4. The molecule has 0 bridgehead atoms. The topological polar surface area (TPSA) is 71.1 Å². The quantitative estimate of drug-likeness (QED) is 0.665. The van der Waals surface area contributed by atoms with E-state index in [1.165, 1.54) is 11.8 Å². The van der Waals surface area contributed by atoms with Crippen molar-refractivity contribution in [2.24, 2.45) is 0 Å². The molecule has 2 aromatic carbocycles. The van der Waals surface area contributed by atoms with Gasteiger partial charge in [0.15, 0.2) is 0 Å². The second kappa shape index (κ2) is 8.01. The van der Waals surface area contributed by atoms with Gasteiger partial charge in [0.05, 0.1) is 16.8 Å². The van der Waals surface area contributed by atoms with Crippen LogP contribution >= 0.6 is 0 Å². The number of hydrogen-bond acceptors (Lipinski definition) is 4. The summed E-state index contributed by atoms with van der Waals surface area (Å²) in [6.07, 6.45) is 2.41. The highest BCUT2D eigenvalue weighted by Gasteiger charge is 2.14. The van der Waals surface area contributed by atoms with E-state index < -0.39 is 10.0 Å². The largest absolute Gasteiger partial charge is 0.370 e. The van der Waals surface area contributed by atoms with Gasteiger partial charge in [-0.05, 0) is 48.7 Å². The lowest BCUT2D eigenvalue weighted by Gasteiger charge is -2.10. The van der Waals surface area contributed by atoms with Crippen molar-refractivity contribution in [1.82, 2.24) is 4.98 Å². The van der Waals surface area contributed by atoms with Crippen LogP contribution in [-0.2, 0) is 16.4 Å². The summed E-state index contributed by atoms with van der Waals surface area (Å²) in [6, 6.07) is 20.4. The SMILES string of the molecule is Cc1cccc(S(=O)(=O)Nc2ccc(NCCc3ccccc3)nc2)c1. The van der Waals surface area contributed by atoms with Crippen LogP contribution in [0.2, 0.25) is 0 Å². The first-order valence-corrected chi connectivity index (χ1v) is 9.85. The number of anilines is 2. The second-order valence-corrected chi connectivity index (χ2v) is 7.70. The number of rotatable bonds is 7. The van der Waals surface area contributed by atoms with Gasteiger partial charge >= 0.3 is 0 Å². The lowest BCUT2D eigenvalue weighted by molar-refractivity contribution is 0.601. The molecule has 26 heavy (non-hydrogen) atoms. The molecule has 6 heteroatoms. The van der Waals surface area contributed by atoms with Crippen molar-refractivity contribution in [3.63, 3.8) is 0 Å². The highest BCUT2D eigenvalue weighted by molar-refractivity contribution is 7.92. The van der Waals surface area contributed by atoms with Crippen LogP contribution in [0.25, 0.3) is 0 Å². The number of pyridine rings is 1. The smallest absolute Gasteiger partial charge is 0.261 e. The van der Waals surface area contributed by atoms with Gasteiger partial charge in [0.1, 0.15) is 5.82 Å². The minimum absolute atomic E-state index is 0.238. The maximum Gasteiger partial charge on any atom is 0.261 e. The number of aryl methyl sites for hydroxylation is 1. The fourth-order valence-electron chi connectivity index (χ4n) is 2.53. The van der Waals surface area contributed by atoms with E-state index in [4.69, 9.17) is 0 Å². The zero-order valence-corrected chi connectivity index (χ0v) is 15.3. The maximum atomic E-state index is 12.4. The molecule has 0 saturated heterocycles. The minimum atomic E-state index is -3.61. The molecule has 0 fully saturated rings. The Morgan fingerprint density at radius 2 is 1.77 bits per heavy atom. The Labute approximate surface area is 154 Å². The molecular formula is C20H21N3O2S. The van der Waals surface area contributed by atoms with Crippen LogP contribution < -0.4 is 10.0 Å². The van der Waals surface area contributed by atoms with Crippen molar-refractivity contribution in [3.8, 4) is 0 Å². The summed E-state index contributed by atoms with van der Waals surface area (Å²) in [7, 11) is -3.61. The fraction of sp³-hybridized carbons (Fsp3) is 0.150. The summed E-state index contributed by atoms with van der Waals surface area (Å²) in [6.45, 7) is 2.61. The summed E-state index contributed by atoms with van der Waals surface area (Å²) in [5, 5.41) is 3.23. The van der Waals surface area contributed by atoms with Gasteiger partial charge in [-0.1, -0.05) is 42.5 Å². The Morgan fingerprint density at radius 3 is 2.46 bits per heavy atom. The molecular weight excluding hydrogens is 346 g/mol. The van der Waals surface area contributed by atoms with Gasteiger partial charge in [0, 0.05) is 6.54 Å². The van der Waals surface area contributed by atoms with E-state index in [9.17, 15) is 8.42 Å². The lowest BCUT2D eigenvalue weighted by Crippen LogP contribution is -2.13. The number of sulfonamides is 1. The van der Waals surface area contributed by atoms with Gasteiger partial charge in [-0.2, -0.15) is 0 Å². The molecule has 0 radical (unpaired) electrons. The molecule has 5 nitrogen and oxygen atoms in total. The van der Waals surface area contributed by atoms with Gasteiger partial charge in [-0.15, -0.1) is 0 Å². The molecule has 1 heterocycles. The average Bonchev–Trinajstić information content (AvgIpc) is 2.64. The molecule has 2 N–H and O–H groups in total. The van der Waals surface area contributed by atoms with Crippen LogP contribution in [0.5, 0.6) is 0 Å². The number of hydrogen-bond donors (Lipinski definition) is 2. The van der Waals surface area contributed by atoms with Crippen molar-refractivity contribution < 1.29 is 8.42 Å². The van der Waals surface area contributed by atoms with Crippen molar-refractivity contribution in [1.29, 1.82) is 0 Å². The first kappa shape index (κ1) is 17.9. The van der Waals surface area contributed by atoms with Gasteiger partial charge in [0.25, 0.3) is 10.0 Å². The van der Waals surface area contributed by atoms with E-state index >= 15 is 0 Å². The van der Waals surface area contributed by atoms with Crippen LogP contribution in [0.4, 0.5) is 11.5 Å². The van der Waals surface area contributed by atoms with Gasteiger partial charge in [0.2, 0.25) is 0 Å². The fourth-order valence-corrected chi connectivity index (χ4v) is 3.68. The predicted molar refractivity (Wildman–Crippen MR) is 105 cm³/mol. The second-order valence-electron chi connectivity index (χ2n) is 6.02. The highest BCUT2D eigenvalue weighted by Crippen LogP contribution is 2.17. The normalized spacial score (nSPS) is 11.1. The molecule has 0 aliphatic heterocycles. The Bertz CT molecular complexity index is 956. The van der Waals surface area contributed by atoms with Crippen molar-refractivity contribution >= 4 is 21.5 Å². The summed E-state index contributed by atoms with van der Waals surface area (Å²) in [4.78, 5) is 4.51. The molecule has 3 rings (SSSR count). The summed E-state index contributed by atoms with van der Waals surface area (Å²) >= 11 is 0. The van der Waals surface area contributed by atoms with E-state index in [-0.39, 0.29) is 4.90 Å². The van der Waals surface area contributed by atoms with Crippen molar-refractivity contribution in [2.45, 2.75) is 18.2 Å². The number of nitrogens with one attached hydrogen (secondary N) is 2. The monoisotopic (exact) mass is 367 g/mol. The van der Waals surface area contributed by atoms with E-state index in [0.717, 1.165) is 18.5 Å². The molecule has 0 saturated carbocycles. The Kier molecular flexibility index (Phi) is 5.53. The summed E-state index contributed by atoms with van der Waals surface area (Å²) in [5.41, 5.74) is 2.58. The van der Waals surface area contributed by atoms with E-state index in [1.807, 2.05) is 31.2 Å². The predicted octanol–water partition coefficient (Wildman–Crippen LogP) is 3.85. The molecule has 0 amide bonds. The van der Waals surface area contributed by atoms with E-state index in [1.54, 1.807) is 30.3 Å². The lowest BCUT2D eigenvalue weighted by atomic mass is 10.1. The first-order valence-electron chi connectivity index (χ1n) is 8.36. The first-order chi connectivity index (χ1) is 12.5. The molecule has 1 aromatic heterocycles. The average molecular weight is 367 g/mol. The van der Waals surface area contributed by atoms with Gasteiger partial charge in [-0.3, -0.25) is 4.72 Å². The van der Waals surface area contributed by atoms with Crippen LogP contribution in [0.1, 0.15) is 11.1 Å².